The summed E-state index contributed by atoms with van der Waals surface area (Å²) in [7, 11) is 0. The lowest BCUT2D eigenvalue weighted by molar-refractivity contribution is -0.122. The molecule has 1 amide bonds. The molecular formula is C20H21N3O3. The molecule has 3 aromatic rings. The Balaban J connectivity index is 1.56. The number of ether oxygens (including phenoxy) is 1. The van der Waals surface area contributed by atoms with Gasteiger partial charge in [0.05, 0.1) is 17.6 Å². The summed E-state index contributed by atoms with van der Waals surface area (Å²) >= 11 is 0. The van der Waals surface area contributed by atoms with Gasteiger partial charge in [0.15, 0.2) is 0 Å². The number of carbonyl (C=O) groups is 1. The summed E-state index contributed by atoms with van der Waals surface area (Å²) in [5, 5.41) is 8.35. The number of nitrogens with zero attached hydrogens (tertiary/aromatic N) is 2. The van der Waals surface area contributed by atoms with E-state index in [-0.39, 0.29) is 18.0 Å². The number of fused-ring (bicyclic) bond motifs is 1. The SMILES string of the molecule is Cc1ccc(OCCNC(=O)Cn2nc(C)c3ccccc3c2=O)cc1. The summed E-state index contributed by atoms with van der Waals surface area (Å²) in [6.45, 7) is 4.43. The van der Waals surface area contributed by atoms with Crippen molar-refractivity contribution in [2.24, 2.45) is 0 Å². The highest BCUT2D eigenvalue weighted by Crippen LogP contribution is 2.12. The molecule has 1 heterocycles. The van der Waals surface area contributed by atoms with Gasteiger partial charge in [-0.25, -0.2) is 4.68 Å². The van der Waals surface area contributed by atoms with Crippen molar-refractivity contribution in [3.8, 4) is 5.75 Å². The van der Waals surface area contributed by atoms with Gasteiger partial charge < -0.3 is 10.1 Å². The lowest BCUT2D eigenvalue weighted by Gasteiger charge is -2.10. The van der Waals surface area contributed by atoms with Gasteiger partial charge in [-0.3, -0.25) is 9.59 Å². The molecule has 0 aliphatic carbocycles. The third kappa shape index (κ3) is 4.08. The largest absolute Gasteiger partial charge is 0.492 e. The zero-order valence-corrected chi connectivity index (χ0v) is 14.9. The summed E-state index contributed by atoms with van der Waals surface area (Å²) in [5.41, 5.74) is 1.61. The van der Waals surface area contributed by atoms with Gasteiger partial charge in [-0.05, 0) is 32.0 Å². The smallest absolute Gasteiger partial charge is 0.275 e. The van der Waals surface area contributed by atoms with E-state index >= 15 is 0 Å². The lowest BCUT2D eigenvalue weighted by atomic mass is 10.1. The Bertz CT molecular complexity index is 978. The van der Waals surface area contributed by atoms with E-state index in [2.05, 4.69) is 10.4 Å². The minimum atomic E-state index is -0.276. The normalized spacial score (nSPS) is 10.7. The molecule has 0 aliphatic rings. The predicted octanol–water partition coefficient (Wildman–Crippen LogP) is 2.21. The van der Waals surface area contributed by atoms with Crippen molar-refractivity contribution in [2.45, 2.75) is 20.4 Å². The summed E-state index contributed by atoms with van der Waals surface area (Å²) in [6, 6.07) is 15.0. The highest BCUT2D eigenvalue weighted by molar-refractivity contribution is 5.83. The molecule has 0 bridgehead atoms. The molecular weight excluding hydrogens is 330 g/mol. The topological polar surface area (TPSA) is 73.2 Å². The Morgan fingerprint density at radius 2 is 1.77 bits per heavy atom. The van der Waals surface area contributed by atoms with Crippen molar-refractivity contribution >= 4 is 16.7 Å². The van der Waals surface area contributed by atoms with Gasteiger partial charge in [0.25, 0.3) is 5.56 Å². The van der Waals surface area contributed by atoms with Crippen LogP contribution in [0.25, 0.3) is 10.8 Å². The van der Waals surface area contributed by atoms with E-state index in [4.69, 9.17) is 4.74 Å². The van der Waals surface area contributed by atoms with Gasteiger partial charge in [0.2, 0.25) is 5.91 Å². The molecule has 134 valence electrons. The number of benzene rings is 2. The zero-order chi connectivity index (χ0) is 18.5. The van der Waals surface area contributed by atoms with Crippen molar-refractivity contribution in [1.29, 1.82) is 0 Å². The molecule has 0 saturated heterocycles. The van der Waals surface area contributed by atoms with E-state index in [9.17, 15) is 9.59 Å². The van der Waals surface area contributed by atoms with Crippen molar-refractivity contribution in [1.82, 2.24) is 15.1 Å². The first-order valence-electron chi connectivity index (χ1n) is 8.47. The first kappa shape index (κ1) is 17.7. The molecule has 2 aromatic carbocycles. The lowest BCUT2D eigenvalue weighted by Crippen LogP contribution is -2.35. The van der Waals surface area contributed by atoms with Crippen LogP contribution in [0, 0.1) is 13.8 Å². The highest BCUT2D eigenvalue weighted by atomic mass is 16.5. The van der Waals surface area contributed by atoms with Crippen LogP contribution in [0.4, 0.5) is 0 Å². The summed E-state index contributed by atoms with van der Waals surface area (Å²) in [5.74, 6) is 0.481. The average Bonchev–Trinajstić information content (AvgIpc) is 2.64. The van der Waals surface area contributed by atoms with Crippen LogP contribution in [-0.4, -0.2) is 28.8 Å². The maximum absolute atomic E-state index is 12.5. The van der Waals surface area contributed by atoms with Gasteiger partial charge in [0.1, 0.15) is 18.9 Å². The van der Waals surface area contributed by atoms with Gasteiger partial charge in [-0.2, -0.15) is 5.10 Å². The Labute approximate surface area is 151 Å². The molecule has 0 saturated carbocycles. The van der Waals surface area contributed by atoms with Crippen LogP contribution in [0.5, 0.6) is 5.75 Å². The molecule has 0 radical (unpaired) electrons. The van der Waals surface area contributed by atoms with Gasteiger partial charge in [-0.1, -0.05) is 35.9 Å². The summed E-state index contributed by atoms with van der Waals surface area (Å²) in [4.78, 5) is 24.6. The van der Waals surface area contributed by atoms with E-state index in [1.54, 1.807) is 12.1 Å². The summed E-state index contributed by atoms with van der Waals surface area (Å²) in [6.07, 6.45) is 0. The van der Waals surface area contributed by atoms with Gasteiger partial charge in [-0.15, -0.1) is 0 Å². The first-order chi connectivity index (χ1) is 12.5. The average molecular weight is 351 g/mol. The Kier molecular flexibility index (Phi) is 5.31. The fourth-order valence-corrected chi connectivity index (χ4v) is 2.70. The molecule has 26 heavy (non-hydrogen) atoms. The highest BCUT2D eigenvalue weighted by Gasteiger charge is 2.10. The van der Waals surface area contributed by atoms with Gasteiger partial charge in [0, 0.05) is 5.39 Å². The van der Waals surface area contributed by atoms with E-state index in [0.717, 1.165) is 22.4 Å². The number of hydrogen-bond donors (Lipinski definition) is 1. The molecule has 1 N–H and O–H groups in total. The van der Waals surface area contributed by atoms with Crippen LogP contribution in [0.1, 0.15) is 11.3 Å². The van der Waals surface area contributed by atoms with Crippen molar-refractivity contribution in [2.75, 3.05) is 13.2 Å². The second-order valence-corrected chi connectivity index (χ2v) is 6.11. The third-order valence-corrected chi connectivity index (χ3v) is 4.06. The number of hydrogen-bond acceptors (Lipinski definition) is 4. The number of carbonyl (C=O) groups excluding carboxylic acids is 1. The minimum absolute atomic E-state index is 0.116. The minimum Gasteiger partial charge on any atom is -0.492 e. The van der Waals surface area contributed by atoms with Crippen LogP contribution in [0.2, 0.25) is 0 Å². The second kappa shape index (κ2) is 7.82. The monoisotopic (exact) mass is 351 g/mol. The van der Waals surface area contributed by atoms with Crippen LogP contribution < -0.4 is 15.6 Å². The van der Waals surface area contributed by atoms with Crippen LogP contribution in [0.15, 0.2) is 53.3 Å². The van der Waals surface area contributed by atoms with Crippen LogP contribution >= 0.6 is 0 Å². The molecule has 0 aliphatic heterocycles. The van der Waals surface area contributed by atoms with Crippen LogP contribution in [-0.2, 0) is 11.3 Å². The molecule has 1 aromatic heterocycles. The van der Waals surface area contributed by atoms with E-state index in [0.29, 0.717) is 18.5 Å². The fourth-order valence-electron chi connectivity index (χ4n) is 2.70. The van der Waals surface area contributed by atoms with Crippen molar-refractivity contribution < 1.29 is 9.53 Å². The first-order valence-corrected chi connectivity index (χ1v) is 8.47. The van der Waals surface area contributed by atoms with Crippen molar-refractivity contribution in [3.63, 3.8) is 0 Å². The summed E-state index contributed by atoms with van der Waals surface area (Å²) < 4.78 is 6.77. The van der Waals surface area contributed by atoms with E-state index in [1.807, 2.05) is 50.2 Å². The second-order valence-electron chi connectivity index (χ2n) is 6.11. The number of rotatable bonds is 6. The maximum atomic E-state index is 12.5. The molecule has 3 rings (SSSR count). The van der Waals surface area contributed by atoms with Gasteiger partial charge >= 0.3 is 0 Å². The molecule has 6 heteroatoms. The molecule has 0 fully saturated rings. The molecule has 6 nitrogen and oxygen atoms in total. The standard InChI is InChI=1S/C20H21N3O3/c1-14-7-9-16(10-8-14)26-12-11-21-19(24)13-23-20(25)18-6-4-3-5-17(18)15(2)22-23/h3-10H,11-13H2,1-2H3,(H,21,24). The number of amides is 1. The van der Waals surface area contributed by atoms with Crippen molar-refractivity contribution in [3.05, 3.63) is 70.1 Å². The quantitative estimate of drug-likeness (QED) is 0.691. The van der Waals surface area contributed by atoms with E-state index < -0.39 is 0 Å². The number of aromatic nitrogens is 2. The molecule has 0 spiro atoms. The third-order valence-electron chi connectivity index (χ3n) is 4.06. The number of aryl methyl sites for hydroxylation is 2. The maximum Gasteiger partial charge on any atom is 0.275 e. The Morgan fingerprint density at radius 3 is 2.50 bits per heavy atom. The molecule has 0 atom stereocenters. The Morgan fingerprint density at radius 1 is 1.08 bits per heavy atom. The predicted molar refractivity (Wildman–Crippen MR) is 100 cm³/mol. The van der Waals surface area contributed by atoms with Crippen LogP contribution in [0.3, 0.4) is 0 Å². The number of nitrogens with one attached hydrogen (secondary N) is 1. The zero-order valence-electron chi connectivity index (χ0n) is 14.9. The molecule has 0 unspecified atom stereocenters. The Hall–Kier alpha value is -3.15. The fraction of sp³-hybridized carbons (Fsp3) is 0.250. The van der Waals surface area contributed by atoms with E-state index in [1.165, 1.54) is 4.68 Å².